The van der Waals surface area contributed by atoms with Gasteiger partial charge in [0, 0.05) is 30.6 Å². The summed E-state index contributed by atoms with van der Waals surface area (Å²) in [7, 11) is 0. The van der Waals surface area contributed by atoms with E-state index in [0.29, 0.717) is 6.04 Å². The first-order valence-electron chi connectivity index (χ1n) is 8.01. The van der Waals surface area contributed by atoms with Crippen LogP contribution in [-0.4, -0.2) is 55.0 Å². The summed E-state index contributed by atoms with van der Waals surface area (Å²) in [6.07, 6.45) is 1.94. The Bertz CT molecular complexity index is 374. The number of likely N-dealkylation sites (tertiary alicyclic amines) is 1. The predicted octanol–water partition coefficient (Wildman–Crippen LogP) is 2.40. The number of rotatable bonds is 3. The molecular formula is C16H30N2O3. The normalized spacial score (nSPS) is 28.9. The Kier molecular flexibility index (Phi) is 4.83. The molecule has 2 rings (SSSR count). The largest absolute Gasteiger partial charge is 0.444 e. The van der Waals surface area contributed by atoms with Crippen molar-refractivity contribution in [3.05, 3.63) is 0 Å². The molecule has 0 aromatic rings. The van der Waals surface area contributed by atoms with Gasteiger partial charge in [-0.15, -0.1) is 0 Å². The van der Waals surface area contributed by atoms with Crippen LogP contribution >= 0.6 is 0 Å². The second-order valence-corrected chi connectivity index (χ2v) is 7.85. The maximum absolute atomic E-state index is 12.3. The summed E-state index contributed by atoms with van der Waals surface area (Å²) in [4.78, 5) is 14.2. The van der Waals surface area contributed by atoms with Crippen LogP contribution < -0.4 is 5.32 Å². The number of ether oxygens (including phenoxy) is 2. The lowest BCUT2D eigenvalue weighted by Gasteiger charge is -2.43. The van der Waals surface area contributed by atoms with Gasteiger partial charge in [0.1, 0.15) is 5.60 Å². The van der Waals surface area contributed by atoms with Crippen LogP contribution in [0, 0.1) is 5.41 Å². The molecule has 1 amide bonds. The van der Waals surface area contributed by atoms with Crippen molar-refractivity contribution in [2.45, 2.75) is 65.1 Å². The zero-order valence-corrected chi connectivity index (χ0v) is 14.1. The molecule has 122 valence electrons. The fourth-order valence-electron chi connectivity index (χ4n) is 2.92. The van der Waals surface area contributed by atoms with Gasteiger partial charge >= 0.3 is 6.09 Å². The Balaban J connectivity index is 1.88. The first-order valence-corrected chi connectivity index (χ1v) is 8.01. The van der Waals surface area contributed by atoms with Crippen LogP contribution in [0.15, 0.2) is 0 Å². The monoisotopic (exact) mass is 298 g/mol. The van der Waals surface area contributed by atoms with Gasteiger partial charge in [0.2, 0.25) is 0 Å². The minimum Gasteiger partial charge on any atom is -0.444 e. The van der Waals surface area contributed by atoms with E-state index in [1.807, 2.05) is 25.7 Å². The average Bonchev–Trinajstić information content (AvgIpc) is 2.33. The van der Waals surface area contributed by atoms with Gasteiger partial charge in [-0.3, -0.25) is 0 Å². The van der Waals surface area contributed by atoms with Crippen molar-refractivity contribution in [2.75, 3.05) is 26.3 Å². The molecule has 2 unspecified atom stereocenters. The molecule has 5 heteroatoms. The molecule has 0 bridgehead atoms. The van der Waals surface area contributed by atoms with E-state index in [9.17, 15) is 4.79 Å². The summed E-state index contributed by atoms with van der Waals surface area (Å²) in [5, 5.41) is 3.63. The lowest BCUT2D eigenvalue weighted by molar-refractivity contribution is -0.101. The smallest absolute Gasteiger partial charge is 0.410 e. The summed E-state index contributed by atoms with van der Waals surface area (Å²) in [5.74, 6) is 0. The van der Waals surface area contributed by atoms with Crippen molar-refractivity contribution >= 4 is 6.09 Å². The van der Waals surface area contributed by atoms with Crippen molar-refractivity contribution in [2.24, 2.45) is 5.41 Å². The molecule has 0 saturated carbocycles. The SMILES string of the molecule is CC1C(NCC2(C)COC2)CCCN1C(=O)OC(C)(C)C. The maximum atomic E-state index is 12.3. The van der Waals surface area contributed by atoms with E-state index in [4.69, 9.17) is 9.47 Å². The number of hydrogen-bond donors (Lipinski definition) is 1. The molecule has 2 aliphatic rings. The zero-order valence-electron chi connectivity index (χ0n) is 14.1. The number of piperidine rings is 1. The van der Waals surface area contributed by atoms with Crippen molar-refractivity contribution in [3.63, 3.8) is 0 Å². The lowest BCUT2D eigenvalue weighted by Crippen LogP contribution is -2.58. The van der Waals surface area contributed by atoms with Crippen molar-refractivity contribution in [1.82, 2.24) is 10.2 Å². The second-order valence-electron chi connectivity index (χ2n) is 7.85. The van der Waals surface area contributed by atoms with Gasteiger partial charge in [0.05, 0.1) is 13.2 Å². The highest BCUT2D eigenvalue weighted by Crippen LogP contribution is 2.27. The van der Waals surface area contributed by atoms with Crippen LogP contribution in [0.2, 0.25) is 0 Å². The van der Waals surface area contributed by atoms with E-state index in [0.717, 1.165) is 39.1 Å². The molecular weight excluding hydrogens is 268 g/mol. The Morgan fingerprint density at radius 1 is 1.43 bits per heavy atom. The second kappa shape index (κ2) is 6.13. The number of nitrogens with zero attached hydrogens (tertiary/aromatic N) is 1. The molecule has 0 aromatic carbocycles. The van der Waals surface area contributed by atoms with Crippen molar-refractivity contribution in [3.8, 4) is 0 Å². The average molecular weight is 298 g/mol. The molecule has 0 aromatic heterocycles. The van der Waals surface area contributed by atoms with Gasteiger partial charge in [0.25, 0.3) is 0 Å². The van der Waals surface area contributed by atoms with E-state index in [1.165, 1.54) is 0 Å². The topological polar surface area (TPSA) is 50.8 Å². The third kappa shape index (κ3) is 4.33. The van der Waals surface area contributed by atoms with Gasteiger partial charge in [-0.25, -0.2) is 4.79 Å². The minimum atomic E-state index is -0.437. The number of carbonyl (C=O) groups excluding carboxylic acids is 1. The molecule has 5 nitrogen and oxygen atoms in total. The van der Waals surface area contributed by atoms with Crippen LogP contribution in [0.4, 0.5) is 4.79 Å². The Labute approximate surface area is 128 Å². The highest BCUT2D eigenvalue weighted by Gasteiger charge is 2.37. The summed E-state index contributed by atoms with van der Waals surface area (Å²) in [6, 6.07) is 0.502. The molecule has 2 saturated heterocycles. The molecule has 21 heavy (non-hydrogen) atoms. The minimum absolute atomic E-state index is 0.165. The van der Waals surface area contributed by atoms with E-state index < -0.39 is 5.60 Å². The number of amides is 1. The molecule has 0 radical (unpaired) electrons. The Hall–Kier alpha value is -0.810. The number of hydrogen-bond acceptors (Lipinski definition) is 4. The van der Waals surface area contributed by atoms with Crippen molar-refractivity contribution in [1.29, 1.82) is 0 Å². The summed E-state index contributed by atoms with van der Waals surface area (Å²) in [6.45, 7) is 13.5. The highest BCUT2D eigenvalue weighted by atomic mass is 16.6. The van der Waals surface area contributed by atoms with Crippen molar-refractivity contribution < 1.29 is 14.3 Å². The fraction of sp³-hybridized carbons (Fsp3) is 0.938. The van der Waals surface area contributed by atoms with E-state index in [2.05, 4.69) is 19.2 Å². The molecule has 2 atom stereocenters. The number of nitrogens with one attached hydrogen (secondary N) is 1. The summed E-state index contributed by atoms with van der Waals surface area (Å²) < 4.78 is 10.8. The van der Waals surface area contributed by atoms with Gasteiger partial charge in [-0.2, -0.15) is 0 Å². The first-order chi connectivity index (χ1) is 9.70. The summed E-state index contributed by atoms with van der Waals surface area (Å²) >= 11 is 0. The van der Waals surface area contributed by atoms with Gasteiger partial charge in [-0.05, 0) is 40.5 Å². The highest BCUT2D eigenvalue weighted by molar-refractivity contribution is 5.68. The van der Waals surface area contributed by atoms with Gasteiger partial charge < -0.3 is 19.7 Å². The van der Waals surface area contributed by atoms with E-state index >= 15 is 0 Å². The molecule has 0 spiro atoms. The lowest BCUT2D eigenvalue weighted by atomic mass is 9.87. The number of carbonyl (C=O) groups is 1. The van der Waals surface area contributed by atoms with Crippen LogP contribution in [0.25, 0.3) is 0 Å². The molecule has 2 heterocycles. The van der Waals surface area contributed by atoms with Gasteiger partial charge in [-0.1, -0.05) is 6.92 Å². The van der Waals surface area contributed by atoms with E-state index in [1.54, 1.807) is 0 Å². The molecule has 0 aliphatic carbocycles. The predicted molar refractivity (Wildman–Crippen MR) is 82.4 cm³/mol. The summed E-state index contributed by atoms with van der Waals surface area (Å²) in [5.41, 5.74) is -0.179. The molecule has 2 aliphatic heterocycles. The molecule has 1 N–H and O–H groups in total. The third-order valence-corrected chi connectivity index (χ3v) is 4.31. The van der Waals surface area contributed by atoms with Crippen LogP contribution in [-0.2, 0) is 9.47 Å². The fourth-order valence-corrected chi connectivity index (χ4v) is 2.92. The zero-order chi connectivity index (χ0) is 15.7. The van der Waals surface area contributed by atoms with Crippen LogP contribution in [0.1, 0.15) is 47.5 Å². The van der Waals surface area contributed by atoms with Crippen LogP contribution in [0.3, 0.4) is 0 Å². The first kappa shape index (κ1) is 16.6. The maximum Gasteiger partial charge on any atom is 0.410 e. The van der Waals surface area contributed by atoms with E-state index in [-0.39, 0.29) is 17.6 Å². The van der Waals surface area contributed by atoms with Crippen LogP contribution in [0.5, 0.6) is 0 Å². The quantitative estimate of drug-likeness (QED) is 0.869. The standard InChI is InChI=1S/C16H30N2O3/c1-12-13(17-9-16(5)10-20-11-16)7-6-8-18(12)14(19)21-15(2,3)4/h12-13,17H,6-11H2,1-5H3. The molecule has 2 fully saturated rings. The van der Waals surface area contributed by atoms with Gasteiger partial charge in [0.15, 0.2) is 0 Å². The Morgan fingerprint density at radius 2 is 2.10 bits per heavy atom. The Morgan fingerprint density at radius 3 is 2.62 bits per heavy atom. The third-order valence-electron chi connectivity index (χ3n) is 4.31.